The van der Waals surface area contributed by atoms with Crippen LogP contribution >= 0.6 is 0 Å². The van der Waals surface area contributed by atoms with Gasteiger partial charge in [0, 0.05) is 37.5 Å². The van der Waals surface area contributed by atoms with Crippen LogP contribution in [0.2, 0.25) is 0 Å². The Kier molecular flexibility index (Phi) is 5.24. The summed E-state index contributed by atoms with van der Waals surface area (Å²) >= 11 is 0. The molecule has 0 aliphatic heterocycles. The van der Waals surface area contributed by atoms with Crippen LogP contribution in [0.5, 0.6) is 0 Å². The van der Waals surface area contributed by atoms with Crippen molar-refractivity contribution in [3.05, 3.63) is 58.7 Å². The van der Waals surface area contributed by atoms with Gasteiger partial charge in [0.25, 0.3) is 5.69 Å². The number of hydrogen-bond acceptors (Lipinski definition) is 4. The average molecular weight is 302 g/mol. The normalized spacial score (nSPS) is 12.0. The first-order valence-electron chi connectivity index (χ1n) is 7.04. The van der Waals surface area contributed by atoms with Gasteiger partial charge in [-0.05, 0) is 24.3 Å². The topological polar surface area (TPSA) is 104 Å². The molecular formula is C15H18N4O3. The molecule has 1 unspecified atom stereocenters. The number of amides is 1. The van der Waals surface area contributed by atoms with Crippen molar-refractivity contribution in [1.29, 1.82) is 0 Å². The average Bonchev–Trinajstić information content (AvgIpc) is 2.99. The van der Waals surface area contributed by atoms with Crippen molar-refractivity contribution < 1.29 is 9.72 Å². The third-order valence-corrected chi connectivity index (χ3v) is 3.55. The largest absolute Gasteiger partial charge is 0.370 e. The van der Waals surface area contributed by atoms with Gasteiger partial charge in [-0.3, -0.25) is 14.9 Å². The Labute approximate surface area is 127 Å². The van der Waals surface area contributed by atoms with Gasteiger partial charge in [0.2, 0.25) is 5.91 Å². The number of aromatic nitrogens is 2. The summed E-state index contributed by atoms with van der Waals surface area (Å²) in [7, 11) is 0. The second-order valence-electron chi connectivity index (χ2n) is 5.16. The number of nitro groups is 1. The molecule has 2 N–H and O–H groups in total. The van der Waals surface area contributed by atoms with Crippen LogP contribution in [-0.2, 0) is 11.3 Å². The van der Waals surface area contributed by atoms with Gasteiger partial charge in [-0.1, -0.05) is 12.1 Å². The number of nitrogens with zero attached hydrogens (tertiary/aromatic N) is 3. The Morgan fingerprint density at radius 2 is 2.09 bits per heavy atom. The van der Waals surface area contributed by atoms with Crippen molar-refractivity contribution in [2.75, 3.05) is 0 Å². The lowest BCUT2D eigenvalue weighted by Gasteiger charge is -2.15. The predicted molar refractivity (Wildman–Crippen MR) is 81.1 cm³/mol. The van der Waals surface area contributed by atoms with E-state index in [-0.39, 0.29) is 23.9 Å². The fourth-order valence-corrected chi connectivity index (χ4v) is 2.44. The summed E-state index contributed by atoms with van der Waals surface area (Å²) < 4.78 is 1.97. The van der Waals surface area contributed by atoms with Crippen LogP contribution in [-0.4, -0.2) is 20.4 Å². The van der Waals surface area contributed by atoms with E-state index in [1.807, 2.05) is 10.8 Å². The number of nitrogens with two attached hydrogens (primary N) is 1. The van der Waals surface area contributed by atoms with E-state index in [1.165, 1.54) is 12.1 Å². The number of carbonyl (C=O) groups excluding carboxylic acids is 1. The summed E-state index contributed by atoms with van der Waals surface area (Å²) in [4.78, 5) is 25.5. The van der Waals surface area contributed by atoms with Crippen LogP contribution in [0.1, 0.15) is 30.7 Å². The lowest BCUT2D eigenvalue weighted by Crippen LogP contribution is -2.16. The van der Waals surface area contributed by atoms with E-state index < -0.39 is 4.92 Å². The molecule has 22 heavy (non-hydrogen) atoms. The molecule has 0 aliphatic carbocycles. The van der Waals surface area contributed by atoms with E-state index in [9.17, 15) is 14.9 Å². The molecule has 0 fully saturated rings. The number of imidazole rings is 1. The number of rotatable bonds is 8. The van der Waals surface area contributed by atoms with Crippen molar-refractivity contribution in [2.24, 2.45) is 5.73 Å². The molecule has 0 bridgehead atoms. The number of hydrogen-bond donors (Lipinski definition) is 1. The first-order valence-corrected chi connectivity index (χ1v) is 7.04. The minimum Gasteiger partial charge on any atom is -0.370 e. The fraction of sp³-hybridized carbons (Fsp3) is 0.333. The van der Waals surface area contributed by atoms with Crippen molar-refractivity contribution in [2.45, 2.75) is 31.7 Å². The summed E-state index contributed by atoms with van der Waals surface area (Å²) in [5, 5.41) is 10.7. The van der Waals surface area contributed by atoms with Crippen LogP contribution in [0.25, 0.3) is 0 Å². The monoisotopic (exact) mass is 302 g/mol. The second-order valence-corrected chi connectivity index (χ2v) is 5.16. The van der Waals surface area contributed by atoms with E-state index in [2.05, 4.69) is 4.98 Å². The Hall–Kier alpha value is -2.70. The first-order chi connectivity index (χ1) is 10.6. The van der Waals surface area contributed by atoms with Crippen molar-refractivity contribution in [3.63, 3.8) is 0 Å². The van der Waals surface area contributed by atoms with Gasteiger partial charge in [0.1, 0.15) is 0 Å². The number of nitro benzene ring substituents is 1. The molecule has 1 atom stereocenters. The van der Waals surface area contributed by atoms with Crippen LogP contribution < -0.4 is 5.73 Å². The molecule has 0 saturated heterocycles. The number of non-ortho nitro benzene ring substituents is 1. The van der Waals surface area contributed by atoms with Crippen LogP contribution in [0.4, 0.5) is 5.69 Å². The minimum atomic E-state index is -0.439. The molecule has 7 heteroatoms. The number of carbonyl (C=O) groups is 1. The summed E-state index contributed by atoms with van der Waals surface area (Å²) in [6.45, 7) is 0.808. The highest BCUT2D eigenvalue weighted by molar-refractivity contribution is 5.74. The number of aryl methyl sites for hydroxylation is 1. The zero-order valence-corrected chi connectivity index (χ0v) is 12.1. The maximum Gasteiger partial charge on any atom is 0.269 e. The Balaban J connectivity index is 2.01. The quantitative estimate of drug-likeness (QED) is 0.596. The molecule has 1 heterocycles. The molecule has 0 radical (unpaired) electrons. The van der Waals surface area contributed by atoms with E-state index >= 15 is 0 Å². The van der Waals surface area contributed by atoms with Gasteiger partial charge in [0.05, 0.1) is 11.3 Å². The molecule has 2 aromatic rings. The molecule has 1 aromatic carbocycles. The molecule has 2 rings (SSSR count). The highest BCUT2D eigenvalue weighted by Crippen LogP contribution is 2.26. The maximum absolute atomic E-state index is 11.2. The van der Waals surface area contributed by atoms with E-state index in [0.717, 1.165) is 24.9 Å². The van der Waals surface area contributed by atoms with Gasteiger partial charge >= 0.3 is 0 Å². The zero-order valence-electron chi connectivity index (χ0n) is 12.1. The van der Waals surface area contributed by atoms with Crippen LogP contribution in [0, 0.1) is 10.1 Å². The lowest BCUT2D eigenvalue weighted by molar-refractivity contribution is -0.384. The van der Waals surface area contributed by atoms with Gasteiger partial charge in [-0.25, -0.2) is 4.98 Å². The summed E-state index contributed by atoms with van der Waals surface area (Å²) in [6, 6.07) is 6.31. The van der Waals surface area contributed by atoms with Crippen LogP contribution in [0.3, 0.4) is 0 Å². The third-order valence-electron chi connectivity index (χ3n) is 3.55. The number of primary amides is 1. The number of benzene rings is 1. The second kappa shape index (κ2) is 7.35. The Morgan fingerprint density at radius 1 is 1.36 bits per heavy atom. The highest BCUT2D eigenvalue weighted by Gasteiger charge is 2.16. The Bertz CT molecular complexity index is 623. The summed E-state index contributed by atoms with van der Waals surface area (Å²) in [5.41, 5.74) is 6.25. The van der Waals surface area contributed by atoms with Crippen molar-refractivity contribution in [3.8, 4) is 0 Å². The van der Waals surface area contributed by atoms with Crippen molar-refractivity contribution in [1.82, 2.24) is 9.55 Å². The van der Waals surface area contributed by atoms with E-state index in [1.54, 1.807) is 24.7 Å². The minimum absolute atomic E-state index is 0.0261. The molecule has 0 aliphatic rings. The molecule has 0 spiro atoms. The van der Waals surface area contributed by atoms with Gasteiger partial charge in [-0.2, -0.15) is 0 Å². The van der Waals surface area contributed by atoms with Crippen molar-refractivity contribution >= 4 is 11.6 Å². The van der Waals surface area contributed by atoms with E-state index in [4.69, 9.17) is 5.73 Å². The Morgan fingerprint density at radius 3 is 2.64 bits per heavy atom. The molecule has 116 valence electrons. The van der Waals surface area contributed by atoms with Gasteiger partial charge < -0.3 is 10.3 Å². The standard InChI is InChI=1S/C15H18N4O3/c16-15(20)10-13(2-1-8-18-9-7-17-11-18)12-3-5-14(6-4-12)19(21)22/h3-7,9,11,13H,1-2,8,10H2,(H2,16,20). The van der Waals surface area contributed by atoms with Gasteiger partial charge in [-0.15, -0.1) is 0 Å². The van der Waals surface area contributed by atoms with Gasteiger partial charge in [0.15, 0.2) is 0 Å². The first kappa shape index (κ1) is 15.7. The maximum atomic E-state index is 11.2. The fourth-order valence-electron chi connectivity index (χ4n) is 2.44. The molecule has 7 nitrogen and oxygen atoms in total. The predicted octanol–water partition coefficient (Wildman–Crippen LogP) is 2.23. The highest BCUT2D eigenvalue weighted by atomic mass is 16.6. The molecule has 0 saturated carbocycles. The SMILES string of the molecule is NC(=O)CC(CCCn1ccnc1)c1ccc([N+](=O)[O-])cc1. The molecule has 1 aromatic heterocycles. The summed E-state index contributed by atoms with van der Waals surface area (Å²) in [6.07, 6.45) is 7.23. The lowest BCUT2D eigenvalue weighted by atomic mass is 9.91. The van der Waals surface area contributed by atoms with E-state index in [0.29, 0.717) is 0 Å². The van der Waals surface area contributed by atoms with Crippen LogP contribution in [0.15, 0.2) is 43.0 Å². The summed E-state index contributed by atoms with van der Waals surface area (Å²) in [5.74, 6) is -0.396. The zero-order chi connectivity index (χ0) is 15.9. The molecule has 1 amide bonds. The molecular weight excluding hydrogens is 284 g/mol. The third kappa shape index (κ3) is 4.41. The smallest absolute Gasteiger partial charge is 0.269 e.